The number of aromatic nitrogens is 4. The van der Waals surface area contributed by atoms with Crippen LogP contribution in [0.15, 0.2) is 52.1 Å². The molecule has 114 valence electrons. The predicted octanol–water partition coefficient (Wildman–Crippen LogP) is 1.76. The van der Waals surface area contributed by atoms with E-state index in [4.69, 9.17) is 0 Å². The Morgan fingerprint density at radius 1 is 1.18 bits per heavy atom. The zero-order chi connectivity index (χ0) is 15.6. The fraction of sp³-hybridized carbons (Fsp3) is 0.154. The van der Waals surface area contributed by atoms with Crippen LogP contribution in [0.5, 0.6) is 0 Å². The van der Waals surface area contributed by atoms with Gasteiger partial charge in [0.15, 0.2) is 5.82 Å². The van der Waals surface area contributed by atoms with Crippen molar-refractivity contribution in [1.82, 2.24) is 24.9 Å². The van der Waals surface area contributed by atoms with Crippen molar-refractivity contribution in [3.8, 4) is 5.69 Å². The van der Waals surface area contributed by atoms with Crippen molar-refractivity contribution in [2.75, 3.05) is 0 Å². The van der Waals surface area contributed by atoms with Crippen LogP contribution in [-0.2, 0) is 10.0 Å². The van der Waals surface area contributed by atoms with Crippen LogP contribution in [-0.4, -0.2) is 28.6 Å². The quantitative estimate of drug-likeness (QED) is 0.767. The average Bonchev–Trinajstić information content (AvgIpc) is 3.19. The molecule has 7 nitrogen and oxygen atoms in total. The summed E-state index contributed by atoms with van der Waals surface area (Å²) in [7, 11) is -3.58. The lowest BCUT2D eigenvalue weighted by Crippen LogP contribution is -2.28. The zero-order valence-corrected chi connectivity index (χ0v) is 13.3. The molecular formula is C13H13N5O2S2. The van der Waals surface area contributed by atoms with Crippen molar-refractivity contribution in [3.63, 3.8) is 0 Å². The van der Waals surface area contributed by atoms with Crippen molar-refractivity contribution < 1.29 is 8.42 Å². The van der Waals surface area contributed by atoms with Crippen molar-refractivity contribution in [3.05, 3.63) is 53.7 Å². The second-order valence-electron chi connectivity index (χ2n) is 4.56. The third-order valence-corrected chi connectivity index (χ3v) is 5.91. The molecule has 1 atom stereocenters. The minimum Gasteiger partial charge on any atom is -0.206 e. The van der Waals surface area contributed by atoms with Crippen LogP contribution in [0.4, 0.5) is 0 Å². The Hall–Kier alpha value is -2.10. The molecule has 3 rings (SSSR count). The number of rotatable bonds is 5. The van der Waals surface area contributed by atoms with Crippen LogP contribution in [0.1, 0.15) is 18.8 Å². The number of nitrogens with zero attached hydrogens (tertiary/aromatic N) is 4. The minimum absolute atomic E-state index is 0.262. The number of hydrogen-bond donors (Lipinski definition) is 1. The lowest BCUT2D eigenvalue weighted by Gasteiger charge is -2.13. The molecule has 0 radical (unpaired) electrons. The molecule has 0 aliphatic heterocycles. The molecule has 3 aromatic rings. The first-order valence-electron chi connectivity index (χ1n) is 6.47. The molecule has 0 amide bonds. The molecule has 0 spiro atoms. The van der Waals surface area contributed by atoms with Gasteiger partial charge in [0.05, 0.1) is 11.7 Å². The van der Waals surface area contributed by atoms with Crippen LogP contribution < -0.4 is 4.72 Å². The highest BCUT2D eigenvalue weighted by Gasteiger charge is 2.23. The van der Waals surface area contributed by atoms with Crippen LogP contribution in [0.2, 0.25) is 0 Å². The normalized spacial score (nSPS) is 13.1. The number of sulfonamides is 1. The SMILES string of the molecule is C[C@H](NS(=O)(=O)c1cccs1)c1nnnn1-c1ccccc1. The lowest BCUT2D eigenvalue weighted by atomic mass is 10.3. The minimum atomic E-state index is -3.58. The molecule has 0 fully saturated rings. The summed E-state index contributed by atoms with van der Waals surface area (Å²) in [5.41, 5.74) is 0.768. The first-order chi connectivity index (χ1) is 10.6. The van der Waals surface area contributed by atoms with E-state index in [1.165, 1.54) is 4.68 Å². The largest absolute Gasteiger partial charge is 0.250 e. The van der Waals surface area contributed by atoms with Gasteiger partial charge in [-0.3, -0.25) is 0 Å². The average molecular weight is 335 g/mol. The second kappa shape index (κ2) is 5.95. The number of para-hydroxylation sites is 1. The molecule has 0 aliphatic rings. The van der Waals surface area contributed by atoms with Gasteiger partial charge in [-0.1, -0.05) is 24.3 Å². The van der Waals surface area contributed by atoms with Crippen molar-refractivity contribution in [2.24, 2.45) is 0 Å². The Morgan fingerprint density at radius 2 is 1.95 bits per heavy atom. The second-order valence-corrected chi connectivity index (χ2v) is 7.45. The van der Waals surface area contributed by atoms with Crippen molar-refractivity contribution in [2.45, 2.75) is 17.2 Å². The molecular weight excluding hydrogens is 322 g/mol. The van der Waals surface area contributed by atoms with Gasteiger partial charge in [-0.15, -0.1) is 16.4 Å². The highest BCUT2D eigenvalue weighted by molar-refractivity contribution is 7.91. The highest BCUT2D eigenvalue weighted by Crippen LogP contribution is 2.20. The molecule has 0 saturated carbocycles. The number of thiophene rings is 1. The molecule has 2 aromatic heterocycles. The summed E-state index contributed by atoms with van der Waals surface area (Å²) in [6.07, 6.45) is 0. The van der Waals surface area contributed by atoms with Crippen LogP contribution in [0.25, 0.3) is 5.69 Å². The summed E-state index contributed by atoms with van der Waals surface area (Å²) in [5, 5.41) is 13.2. The third kappa shape index (κ3) is 2.91. The molecule has 22 heavy (non-hydrogen) atoms. The third-order valence-electron chi connectivity index (χ3n) is 2.97. The Labute approximate surface area is 131 Å². The number of nitrogens with one attached hydrogen (secondary N) is 1. The van der Waals surface area contributed by atoms with E-state index in [0.29, 0.717) is 5.82 Å². The van der Waals surface area contributed by atoms with Gasteiger partial charge in [0.25, 0.3) is 10.0 Å². The summed E-state index contributed by atoms with van der Waals surface area (Å²) in [4.78, 5) is 0. The zero-order valence-electron chi connectivity index (χ0n) is 11.6. The summed E-state index contributed by atoms with van der Waals surface area (Å²) in [6, 6.07) is 12.0. The Kier molecular flexibility index (Phi) is 4.01. The van der Waals surface area contributed by atoms with E-state index in [1.54, 1.807) is 24.4 Å². The van der Waals surface area contributed by atoms with Gasteiger partial charge >= 0.3 is 0 Å². The van der Waals surface area contributed by atoms with Gasteiger partial charge in [-0.2, -0.15) is 9.40 Å². The maximum Gasteiger partial charge on any atom is 0.250 e. The van der Waals surface area contributed by atoms with Crippen LogP contribution >= 0.6 is 11.3 Å². The first-order valence-corrected chi connectivity index (χ1v) is 8.84. The van der Waals surface area contributed by atoms with Gasteiger partial charge in [0.1, 0.15) is 4.21 Å². The predicted molar refractivity (Wildman–Crippen MR) is 82.2 cm³/mol. The molecule has 0 saturated heterocycles. The van der Waals surface area contributed by atoms with Gasteiger partial charge in [-0.05, 0) is 40.9 Å². The fourth-order valence-corrected chi connectivity index (χ4v) is 4.19. The monoisotopic (exact) mass is 335 g/mol. The molecule has 2 heterocycles. The first kappa shape index (κ1) is 14.8. The molecule has 0 aliphatic carbocycles. The number of benzene rings is 1. The van der Waals surface area contributed by atoms with Crippen molar-refractivity contribution in [1.29, 1.82) is 0 Å². The summed E-state index contributed by atoms with van der Waals surface area (Å²) in [6.45, 7) is 1.70. The number of tetrazole rings is 1. The Bertz CT molecular complexity index is 844. The van der Waals surface area contributed by atoms with E-state index in [-0.39, 0.29) is 4.21 Å². The molecule has 1 N–H and O–H groups in total. The van der Waals surface area contributed by atoms with E-state index >= 15 is 0 Å². The summed E-state index contributed by atoms with van der Waals surface area (Å²) >= 11 is 1.16. The Balaban J connectivity index is 1.88. The lowest BCUT2D eigenvalue weighted by molar-refractivity contribution is 0.556. The van der Waals surface area contributed by atoms with Gasteiger partial charge in [-0.25, -0.2) is 8.42 Å². The van der Waals surface area contributed by atoms with E-state index in [9.17, 15) is 8.42 Å². The van der Waals surface area contributed by atoms with Gasteiger partial charge in [0, 0.05) is 0 Å². The van der Waals surface area contributed by atoms with E-state index < -0.39 is 16.1 Å². The maximum atomic E-state index is 12.3. The molecule has 0 bridgehead atoms. The van der Waals surface area contributed by atoms with E-state index in [0.717, 1.165) is 17.0 Å². The highest BCUT2D eigenvalue weighted by atomic mass is 32.2. The van der Waals surface area contributed by atoms with Crippen molar-refractivity contribution >= 4 is 21.4 Å². The molecule has 0 unspecified atom stereocenters. The van der Waals surface area contributed by atoms with Gasteiger partial charge < -0.3 is 0 Å². The standard InChI is InChI=1S/C13H13N5O2S2/c1-10(15-22(19,20)12-8-5-9-21-12)13-14-16-17-18(13)11-6-3-2-4-7-11/h2-10,15H,1H3/t10-/m0/s1. The summed E-state index contributed by atoms with van der Waals surface area (Å²) < 4.78 is 28.9. The van der Waals surface area contributed by atoms with Crippen LogP contribution in [0, 0.1) is 0 Å². The number of hydrogen-bond acceptors (Lipinski definition) is 6. The Morgan fingerprint density at radius 3 is 2.64 bits per heavy atom. The van der Waals surface area contributed by atoms with Gasteiger partial charge in [0.2, 0.25) is 0 Å². The summed E-state index contributed by atoms with van der Waals surface area (Å²) in [5.74, 6) is 0.423. The molecule has 1 aromatic carbocycles. The smallest absolute Gasteiger partial charge is 0.206 e. The maximum absolute atomic E-state index is 12.3. The molecule has 9 heteroatoms. The topological polar surface area (TPSA) is 89.8 Å². The van der Waals surface area contributed by atoms with Crippen LogP contribution in [0.3, 0.4) is 0 Å². The van der Waals surface area contributed by atoms with E-state index in [2.05, 4.69) is 20.2 Å². The fourth-order valence-electron chi connectivity index (χ4n) is 1.98. The van der Waals surface area contributed by atoms with E-state index in [1.807, 2.05) is 30.3 Å².